The summed E-state index contributed by atoms with van der Waals surface area (Å²) in [7, 11) is 2.15. The first-order valence-corrected chi connectivity index (χ1v) is 10.4. The first-order valence-electron chi connectivity index (χ1n) is 10.4. The van der Waals surface area contributed by atoms with Crippen molar-refractivity contribution in [1.29, 1.82) is 0 Å². The highest BCUT2D eigenvalue weighted by molar-refractivity contribution is 6.06. The van der Waals surface area contributed by atoms with E-state index in [4.69, 9.17) is 0 Å². The molecule has 2 heterocycles. The number of hydrogen-bond acceptors (Lipinski definition) is 1. The van der Waals surface area contributed by atoms with Crippen LogP contribution in [0.15, 0.2) is 90.7 Å². The monoisotopic (exact) mass is 392 g/mol. The standard InChI is InChI=1S/C28H28N2/c1-6-12-24-20(4)29(5)26-19-18-22-17-16-21(8-3)25(13-7-2)30(28(22)27(24)26)23-14-10-9-11-15-23/h6-19H,3H2,1-2,4-5H3/b12-6-,13-7-. The van der Waals surface area contributed by atoms with Crippen molar-refractivity contribution in [3.8, 4) is 0 Å². The van der Waals surface area contributed by atoms with E-state index in [2.05, 4.69) is 123 Å². The van der Waals surface area contributed by atoms with Crippen molar-refractivity contribution < 1.29 is 0 Å². The number of rotatable bonds is 4. The van der Waals surface area contributed by atoms with Crippen molar-refractivity contribution in [3.63, 3.8) is 0 Å². The molecule has 3 aromatic rings. The molecule has 0 spiro atoms. The molecule has 1 aromatic heterocycles. The predicted octanol–water partition coefficient (Wildman–Crippen LogP) is 7.70. The van der Waals surface area contributed by atoms with Gasteiger partial charge in [0.2, 0.25) is 0 Å². The Morgan fingerprint density at radius 3 is 2.30 bits per heavy atom. The molecule has 30 heavy (non-hydrogen) atoms. The number of benzene rings is 2. The Bertz CT molecular complexity index is 1230. The van der Waals surface area contributed by atoms with Gasteiger partial charge < -0.3 is 9.47 Å². The second kappa shape index (κ2) is 8.08. The summed E-state index contributed by atoms with van der Waals surface area (Å²) in [4.78, 5) is 2.38. The fraction of sp³-hybridized carbons (Fsp3) is 0.143. The minimum atomic E-state index is 1.10. The minimum absolute atomic E-state index is 1.10. The number of fused-ring (bicyclic) bond motifs is 3. The Hall–Kier alpha value is -3.52. The van der Waals surface area contributed by atoms with Gasteiger partial charge in [0.1, 0.15) is 0 Å². The molecule has 150 valence electrons. The van der Waals surface area contributed by atoms with Gasteiger partial charge in [-0.15, -0.1) is 0 Å². The van der Waals surface area contributed by atoms with Crippen LogP contribution in [0.1, 0.15) is 30.7 Å². The van der Waals surface area contributed by atoms with Crippen LogP contribution in [0.3, 0.4) is 0 Å². The second-order valence-corrected chi connectivity index (χ2v) is 7.50. The summed E-state index contributed by atoms with van der Waals surface area (Å²) >= 11 is 0. The van der Waals surface area contributed by atoms with Crippen LogP contribution in [-0.4, -0.2) is 4.57 Å². The van der Waals surface area contributed by atoms with Crippen LogP contribution in [-0.2, 0) is 7.05 Å². The molecule has 0 unspecified atom stereocenters. The van der Waals surface area contributed by atoms with Crippen LogP contribution in [0.2, 0.25) is 0 Å². The summed E-state index contributed by atoms with van der Waals surface area (Å²) in [6.45, 7) is 10.4. The molecule has 0 bridgehead atoms. The molecule has 0 fully saturated rings. The van der Waals surface area contributed by atoms with Gasteiger partial charge in [0.25, 0.3) is 0 Å². The molecule has 0 amide bonds. The van der Waals surface area contributed by atoms with E-state index in [1.807, 2.05) is 6.08 Å². The van der Waals surface area contributed by atoms with E-state index in [0.717, 1.165) is 17.0 Å². The lowest BCUT2D eigenvalue weighted by atomic mass is 10.0. The lowest BCUT2D eigenvalue weighted by Crippen LogP contribution is -2.17. The third-order valence-electron chi connectivity index (χ3n) is 5.81. The fourth-order valence-electron chi connectivity index (χ4n) is 4.29. The summed E-state index contributed by atoms with van der Waals surface area (Å²) in [6.07, 6.45) is 14.9. The van der Waals surface area contributed by atoms with Crippen LogP contribution in [0.25, 0.3) is 23.1 Å². The van der Waals surface area contributed by atoms with Crippen molar-refractivity contribution in [2.75, 3.05) is 4.90 Å². The summed E-state index contributed by atoms with van der Waals surface area (Å²) in [6, 6.07) is 15.0. The highest BCUT2D eigenvalue weighted by Crippen LogP contribution is 2.45. The highest BCUT2D eigenvalue weighted by atomic mass is 15.2. The average molecular weight is 393 g/mol. The minimum Gasteiger partial charge on any atom is -0.347 e. The molecular weight excluding hydrogens is 364 g/mol. The first-order chi connectivity index (χ1) is 14.6. The molecule has 0 atom stereocenters. The molecule has 2 aromatic carbocycles. The Kier molecular flexibility index (Phi) is 5.33. The molecule has 0 saturated heterocycles. The number of hydrogen-bond donors (Lipinski definition) is 0. The smallest absolute Gasteiger partial charge is 0.0634 e. The molecular formula is C28H28N2. The number of aryl methyl sites for hydroxylation is 1. The second-order valence-electron chi connectivity index (χ2n) is 7.50. The normalized spacial score (nSPS) is 14.2. The number of allylic oxidation sites excluding steroid dienone is 6. The zero-order chi connectivity index (χ0) is 21.3. The van der Waals surface area contributed by atoms with Crippen molar-refractivity contribution in [2.45, 2.75) is 20.8 Å². The van der Waals surface area contributed by atoms with Crippen molar-refractivity contribution in [3.05, 3.63) is 108 Å². The van der Waals surface area contributed by atoms with Gasteiger partial charge >= 0.3 is 0 Å². The molecule has 2 heteroatoms. The van der Waals surface area contributed by atoms with Gasteiger partial charge in [-0.25, -0.2) is 0 Å². The van der Waals surface area contributed by atoms with Gasteiger partial charge in [-0.05, 0) is 56.2 Å². The lowest BCUT2D eigenvalue weighted by molar-refractivity contribution is 0.916. The molecule has 4 rings (SSSR count). The molecule has 0 radical (unpaired) electrons. The van der Waals surface area contributed by atoms with E-state index in [1.165, 1.54) is 33.4 Å². The Labute approximate surface area is 179 Å². The average Bonchev–Trinajstić information content (AvgIpc) is 2.91. The van der Waals surface area contributed by atoms with E-state index >= 15 is 0 Å². The molecule has 2 nitrogen and oxygen atoms in total. The molecule has 1 aliphatic heterocycles. The highest BCUT2D eigenvalue weighted by Gasteiger charge is 2.25. The maximum atomic E-state index is 4.09. The van der Waals surface area contributed by atoms with E-state index in [0.29, 0.717) is 0 Å². The van der Waals surface area contributed by atoms with Crippen LogP contribution < -0.4 is 4.90 Å². The third-order valence-corrected chi connectivity index (χ3v) is 5.81. The van der Waals surface area contributed by atoms with Crippen molar-refractivity contribution in [1.82, 2.24) is 4.57 Å². The van der Waals surface area contributed by atoms with Crippen LogP contribution in [0, 0.1) is 6.92 Å². The van der Waals surface area contributed by atoms with Gasteiger partial charge in [0.05, 0.1) is 16.9 Å². The number of nitrogens with zero attached hydrogens (tertiary/aromatic N) is 2. The van der Waals surface area contributed by atoms with Gasteiger partial charge in [-0.2, -0.15) is 0 Å². The SMILES string of the molecule is C=CC1=C(/C=C\C)N(c2ccccc2)c2c(ccc3c2c(/C=C\C)c(C)n3C)C=C1. The van der Waals surface area contributed by atoms with E-state index in [1.54, 1.807) is 0 Å². The number of anilines is 2. The lowest BCUT2D eigenvalue weighted by Gasteiger charge is -2.29. The summed E-state index contributed by atoms with van der Waals surface area (Å²) < 4.78 is 2.29. The topological polar surface area (TPSA) is 8.17 Å². The van der Waals surface area contributed by atoms with Crippen LogP contribution in [0.5, 0.6) is 0 Å². The summed E-state index contributed by atoms with van der Waals surface area (Å²) in [5.74, 6) is 0. The first kappa shape index (κ1) is 19.8. The summed E-state index contributed by atoms with van der Waals surface area (Å²) in [5.41, 5.74) is 9.51. The van der Waals surface area contributed by atoms with Gasteiger partial charge in [0, 0.05) is 29.4 Å². The third kappa shape index (κ3) is 3.05. The fourth-order valence-corrected chi connectivity index (χ4v) is 4.29. The maximum absolute atomic E-state index is 4.09. The maximum Gasteiger partial charge on any atom is 0.0634 e. The molecule has 0 aliphatic carbocycles. The van der Waals surface area contributed by atoms with Gasteiger partial charge in [-0.1, -0.05) is 67.3 Å². The Morgan fingerprint density at radius 2 is 1.63 bits per heavy atom. The summed E-state index contributed by atoms with van der Waals surface area (Å²) in [5, 5.41) is 1.27. The zero-order valence-corrected chi connectivity index (χ0v) is 18.2. The number of para-hydroxylation sites is 1. The largest absolute Gasteiger partial charge is 0.347 e. The molecule has 0 N–H and O–H groups in total. The Morgan fingerprint density at radius 1 is 0.900 bits per heavy atom. The van der Waals surface area contributed by atoms with Gasteiger partial charge in [-0.3, -0.25) is 0 Å². The molecule has 1 aliphatic rings. The zero-order valence-electron chi connectivity index (χ0n) is 18.2. The van der Waals surface area contributed by atoms with E-state index in [-0.39, 0.29) is 0 Å². The van der Waals surface area contributed by atoms with Crippen molar-refractivity contribution in [2.24, 2.45) is 7.05 Å². The van der Waals surface area contributed by atoms with E-state index in [9.17, 15) is 0 Å². The van der Waals surface area contributed by atoms with E-state index < -0.39 is 0 Å². The number of aromatic nitrogens is 1. The van der Waals surface area contributed by atoms with Crippen LogP contribution >= 0.6 is 0 Å². The molecule has 0 saturated carbocycles. The van der Waals surface area contributed by atoms with Gasteiger partial charge in [0.15, 0.2) is 0 Å². The van der Waals surface area contributed by atoms with Crippen molar-refractivity contribution >= 4 is 34.4 Å². The Balaban J connectivity index is 2.21. The predicted molar refractivity (Wildman–Crippen MR) is 132 cm³/mol. The van der Waals surface area contributed by atoms with Crippen LogP contribution in [0.4, 0.5) is 11.4 Å². The quantitative estimate of drug-likeness (QED) is 0.441.